The Kier molecular flexibility index (Phi) is 3.43. The first kappa shape index (κ1) is 11.7. The zero-order valence-electron chi connectivity index (χ0n) is 9.01. The maximum absolute atomic E-state index is 13.0. The molecule has 0 bridgehead atoms. The predicted molar refractivity (Wildman–Crippen MR) is 61.0 cm³/mol. The van der Waals surface area contributed by atoms with Crippen molar-refractivity contribution in [1.29, 1.82) is 0 Å². The average molecular weight is 252 g/mol. The van der Waals surface area contributed by atoms with Gasteiger partial charge in [-0.3, -0.25) is 9.78 Å². The molecule has 0 aliphatic carbocycles. The minimum atomic E-state index is -0.412. The van der Waals surface area contributed by atoms with Gasteiger partial charge in [-0.1, -0.05) is 0 Å². The van der Waals surface area contributed by atoms with Crippen LogP contribution >= 0.6 is 11.3 Å². The fourth-order valence-electron chi connectivity index (χ4n) is 1.27. The molecule has 2 aromatic heterocycles. The molecule has 0 saturated heterocycles. The lowest BCUT2D eigenvalue weighted by molar-refractivity contribution is -0.139. The molecule has 0 amide bonds. The van der Waals surface area contributed by atoms with Crippen LogP contribution in [0.4, 0.5) is 4.39 Å². The van der Waals surface area contributed by atoms with Crippen molar-refractivity contribution in [3.63, 3.8) is 0 Å². The van der Waals surface area contributed by atoms with E-state index in [-0.39, 0.29) is 12.4 Å². The van der Waals surface area contributed by atoms with Gasteiger partial charge in [-0.2, -0.15) is 0 Å². The number of halogens is 1. The Morgan fingerprint density at radius 1 is 1.53 bits per heavy atom. The second-order valence-electron chi connectivity index (χ2n) is 3.27. The third-order valence-electron chi connectivity index (χ3n) is 2.08. The van der Waals surface area contributed by atoms with E-state index in [0.29, 0.717) is 16.3 Å². The van der Waals surface area contributed by atoms with Crippen molar-refractivity contribution in [1.82, 2.24) is 9.97 Å². The number of hydrogen-bond acceptors (Lipinski definition) is 5. The van der Waals surface area contributed by atoms with Crippen LogP contribution in [0.25, 0.3) is 11.3 Å². The molecule has 0 unspecified atom stereocenters. The van der Waals surface area contributed by atoms with Crippen molar-refractivity contribution >= 4 is 17.3 Å². The predicted octanol–water partition coefficient (Wildman–Crippen LogP) is 2.06. The average Bonchev–Trinajstić information content (AvgIpc) is 2.77. The summed E-state index contributed by atoms with van der Waals surface area (Å²) in [5.74, 6) is -0.756. The Labute approximate surface area is 101 Å². The molecule has 2 rings (SSSR count). The van der Waals surface area contributed by atoms with E-state index in [2.05, 4.69) is 14.7 Å². The number of aromatic nitrogens is 2. The fourth-order valence-corrected chi connectivity index (χ4v) is 2.06. The van der Waals surface area contributed by atoms with E-state index >= 15 is 0 Å². The lowest BCUT2D eigenvalue weighted by atomic mass is 10.2. The number of hydrogen-bond donors (Lipinski definition) is 0. The van der Waals surface area contributed by atoms with Crippen LogP contribution in [0.15, 0.2) is 23.8 Å². The molecule has 0 aliphatic heterocycles. The first-order valence-corrected chi connectivity index (χ1v) is 5.69. The first-order chi connectivity index (χ1) is 8.19. The second kappa shape index (κ2) is 5.01. The van der Waals surface area contributed by atoms with E-state index in [1.807, 2.05) is 0 Å². The maximum Gasteiger partial charge on any atom is 0.312 e. The molecular weight excluding hydrogens is 243 g/mol. The van der Waals surface area contributed by atoms with E-state index in [1.165, 1.54) is 30.7 Å². The SMILES string of the molecule is COC(=O)Cc1nc(-c2cncc(F)c2)cs1. The van der Waals surface area contributed by atoms with Crippen LogP contribution in [0.2, 0.25) is 0 Å². The largest absolute Gasteiger partial charge is 0.469 e. The van der Waals surface area contributed by atoms with Gasteiger partial charge in [0.15, 0.2) is 0 Å². The van der Waals surface area contributed by atoms with Crippen LogP contribution in [0, 0.1) is 5.82 Å². The van der Waals surface area contributed by atoms with Crippen molar-refractivity contribution in [3.05, 3.63) is 34.7 Å². The number of pyridine rings is 1. The monoisotopic (exact) mass is 252 g/mol. The number of nitrogens with zero attached hydrogens (tertiary/aromatic N) is 2. The van der Waals surface area contributed by atoms with Gasteiger partial charge in [-0.05, 0) is 6.07 Å². The van der Waals surface area contributed by atoms with Crippen LogP contribution in [0.5, 0.6) is 0 Å². The Morgan fingerprint density at radius 2 is 2.35 bits per heavy atom. The minimum absolute atomic E-state index is 0.129. The van der Waals surface area contributed by atoms with E-state index in [4.69, 9.17) is 0 Å². The lowest BCUT2D eigenvalue weighted by Crippen LogP contribution is -2.03. The highest BCUT2D eigenvalue weighted by molar-refractivity contribution is 7.10. The summed E-state index contributed by atoms with van der Waals surface area (Å²) in [6, 6.07) is 1.35. The number of ether oxygens (including phenoxy) is 1. The molecule has 0 radical (unpaired) electrons. The summed E-state index contributed by atoms with van der Waals surface area (Å²) in [7, 11) is 1.33. The van der Waals surface area contributed by atoms with E-state index in [0.717, 1.165) is 6.20 Å². The third-order valence-corrected chi connectivity index (χ3v) is 2.92. The van der Waals surface area contributed by atoms with Gasteiger partial charge in [-0.15, -0.1) is 11.3 Å². The highest BCUT2D eigenvalue weighted by Gasteiger charge is 2.09. The van der Waals surface area contributed by atoms with Crippen molar-refractivity contribution in [2.24, 2.45) is 0 Å². The molecule has 0 aromatic carbocycles. The minimum Gasteiger partial charge on any atom is -0.469 e. The van der Waals surface area contributed by atoms with E-state index in [1.54, 1.807) is 5.38 Å². The molecule has 0 N–H and O–H groups in total. The second-order valence-corrected chi connectivity index (χ2v) is 4.21. The molecule has 0 spiro atoms. The number of esters is 1. The number of carbonyl (C=O) groups excluding carboxylic acids is 1. The van der Waals surface area contributed by atoms with E-state index in [9.17, 15) is 9.18 Å². The first-order valence-electron chi connectivity index (χ1n) is 4.81. The smallest absolute Gasteiger partial charge is 0.312 e. The van der Waals surface area contributed by atoms with Gasteiger partial charge >= 0.3 is 5.97 Å². The van der Waals surface area contributed by atoms with Crippen molar-refractivity contribution in [2.75, 3.05) is 7.11 Å². The van der Waals surface area contributed by atoms with Gasteiger partial charge in [-0.25, -0.2) is 9.37 Å². The van der Waals surface area contributed by atoms with E-state index < -0.39 is 5.82 Å². The van der Waals surface area contributed by atoms with Crippen LogP contribution in [-0.2, 0) is 16.0 Å². The highest BCUT2D eigenvalue weighted by atomic mass is 32.1. The highest BCUT2D eigenvalue weighted by Crippen LogP contribution is 2.22. The van der Waals surface area contributed by atoms with Crippen molar-refractivity contribution in [2.45, 2.75) is 6.42 Å². The number of rotatable bonds is 3. The van der Waals surface area contributed by atoms with Gasteiger partial charge in [0.25, 0.3) is 0 Å². The van der Waals surface area contributed by atoms with Crippen LogP contribution in [0.1, 0.15) is 5.01 Å². The molecule has 6 heteroatoms. The van der Waals surface area contributed by atoms with Gasteiger partial charge in [0.2, 0.25) is 0 Å². The van der Waals surface area contributed by atoms with Crippen LogP contribution in [-0.4, -0.2) is 23.0 Å². The quantitative estimate of drug-likeness (QED) is 0.785. The third kappa shape index (κ3) is 2.85. The zero-order chi connectivity index (χ0) is 12.3. The summed E-state index contributed by atoms with van der Waals surface area (Å²) in [6.45, 7) is 0. The molecule has 2 aromatic rings. The Hall–Kier alpha value is -1.82. The topological polar surface area (TPSA) is 52.1 Å². The van der Waals surface area contributed by atoms with Gasteiger partial charge in [0.1, 0.15) is 10.8 Å². The van der Waals surface area contributed by atoms with Gasteiger partial charge in [0.05, 0.1) is 25.4 Å². The Morgan fingerprint density at radius 3 is 3.06 bits per heavy atom. The summed E-state index contributed by atoms with van der Waals surface area (Å²) in [5.41, 5.74) is 1.21. The molecule has 4 nitrogen and oxygen atoms in total. The molecule has 17 heavy (non-hydrogen) atoms. The normalized spacial score (nSPS) is 10.2. The molecular formula is C11H9FN2O2S. The molecule has 88 valence electrons. The summed E-state index contributed by atoms with van der Waals surface area (Å²) < 4.78 is 17.5. The van der Waals surface area contributed by atoms with Gasteiger partial charge in [0, 0.05) is 17.1 Å². The summed E-state index contributed by atoms with van der Waals surface area (Å²) in [4.78, 5) is 19.0. The number of thiazole rings is 1. The Bertz CT molecular complexity index is 542. The van der Waals surface area contributed by atoms with Crippen LogP contribution < -0.4 is 0 Å². The van der Waals surface area contributed by atoms with Crippen LogP contribution in [0.3, 0.4) is 0 Å². The number of carbonyl (C=O) groups is 1. The molecule has 2 heterocycles. The summed E-state index contributed by atoms with van der Waals surface area (Å²) in [5, 5.41) is 2.39. The summed E-state index contributed by atoms with van der Waals surface area (Å²) >= 11 is 1.33. The zero-order valence-corrected chi connectivity index (χ0v) is 9.83. The van der Waals surface area contributed by atoms with Crippen molar-refractivity contribution < 1.29 is 13.9 Å². The van der Waals surface area contributed by atoms with Crippen molar-refractivity contribution in [3.8, 4) is 11.3 Å². The molecule has 0 aliphatic rings. The van der Waals surface area contributed by atoms with Gasteiger partial charge < -0.3 is 4.74 Å². The summed E-state index contributed by atoms with van der Waals surface area (Å²) in [6.07, 6.45) is 2.79. The fraction of sp³-hybridized carbons (Fsp3) is 0.182. The lowest BCUT2D eigenvalue weighted by Gasteiger charge is -1.96. The molecule has 0 atom stereocenters. The molecule has 0 saturated carbocycles. The number of methoxy groups -OCH3 is 1. The Balaban J connectivity index is 2.21. The standard InChI is InChI=1S/C11H9FN2O2S/c1-16-11(15)3-10-14-9(6-17-10)7-2-8(12)5-13-4-7/h2,4-6H,3H2,1H3. The maximum atomic E-state index is 13.0. The molecule has 0 fully saturated rings.